The summed E-state index contributed by atoms with van der Waals surface area (Å²) in [6.07, 6.45) is 2.58. The fourth-order valence-electron chi connectivity index (χ4n) is 2.32. The predicted molar refractivity (Wildman–Crippen MR) is 73.7 cm³/mol. The van der Waals surface area contributed by atoms with E-state index in [0.717, 1.165) is 13.1 Å². The van der Waals surface area contributed by atoms with E-state index in [2.05, 4.69) is 39.9 Å². The Kier molecular flexibility index (Phi) is 4.41. The fraction of sp³-hybridized carbons (Fsp3) is 0.667. The smallest absolute Gasteiger partial charge is 0.0701 e. The van der Waals surface area contributed by atoms with Crippen LogP contribution in [0.15, 0.2) is 15.9 Å². The molecule has 0 aliphatic carbocycles. The number of thiophene rings is 1. The highest BCUT2D eigenvalue weighted by atomic mass is 79.9. The number of halogens is 1. The summed E-state index contributed by atoms with van der Waals surface area (Å²) in [5.41, 5.74) is 6.00. The molecule has 2 heterocycles. The van der Waals surface area contributed by atoms with Crippen LogP contribution in [0.4, 0.5) is 0 Å². The molecule has 0 amide bonds. The van der Waals surface area contributed by atoms with Crippen molar-refractivity contribution in [3.05, 3.63) is 20.8 Å². The minimum absolute atomic E-state index is 0.331. The molecule has 2 atom stereocenters. The lowest BCUT2D eigenvalue weighted by atomic mass is 9.92. The summed E-state index contributed by atoms with van der Waals surface area (Å²) in [6, 6.07) is 4.68. The van der Waals surface area contributed by atoms with Crippen molar-refractivity contribution in [2.24, 2.45) is 11.7 Å². The van der Waals surface area contributed by atoms with E-state index >= 15 is 0 Å². The molecule has 2 nitrogen and oxygen atoms in total. The van der Waals surface area contributed by atoms with Gasteiger partial charge in [-0.05, 0) is 60.3 Å². The van der Waals surface area contributed by atoms with Gasteiger partial charge >= 0.3 is 0 Å². The zero-order chi connectivity index (χ0) is 11.5. The largest absolute Gasteiger partial charge is 0.328 e. The zero-order valence-electron chi connectivity index (χ0n) is 9.66. The van der Waals surface area contributed by atoms with Gasteiger partial charge < -0.3 is 5.73 Å². The molecule has 0 bridgehead atoms. The first kappa shape index (κ1) is 12.6. The van der Waals surface area contributed by atoms with Crippen LogP contribution in [0.5, 0.6) is 0 Å². The Bertz CT molecular complexity index is 338. The van der Waals surface area contributed by atoms with Crippen LogP contribution in [0.1, 0.15) is 24.6 Å². The van der Waals surface area contributed by atoms with Crippen molar-refractivity contribution < 1.29 is 0 Å². The van der Waals surface area contributed by atoms with Crippen molar-refractivity contribution in [3.63, 3.8) is 0 Å². The van der Waals surface area contributed by atoms with E-state index in [4.69, 9.17) is 5.73 Å². The Hall–Kier alpha value is 0.1000. The number of rotatable bonds is 3. The first-order chi connectivity index (χ1) is 7.65. The molecule has 1 aliphatic heterocycles. The number of nitrogens with zero attached hydrogens (tertiary/aromatic N) is 1. The average molecular weight is 303 g/mol. The molecular weight excluding hydrogens is 284 g/mol. The van der Waals surface area contributed by atoms with E-state index in [-0.39, 0.29) is 0 Å². The van der Waals surface area contributed by atoms with E-state index in [0.29, 0.717) is 12.0 Å². The van der Waals surface area contributed by atoms with Gasteiger partial charge in [-0.1, -0.05) is 0 Å². The van der Waals surface area contributed by atoms with Crippen molar-refractivity contribution in [2.45, 2.75) is 32.4 Å². The molecular formula is C12H19BrN2S. The molecule has 16 heavy (non-hydrogen) atoms. The summed E-state index contributed by atoms with van der Waals surface area (Å²) in [7, 11) is 0. The monoisotopic (exact) mass is 302 g/mol. The number of nitrogens with two attached hydrogens (primary N) is 1. The normalized spacial score (nSPS) is 24.6. The van der Waals surface area contributed by atoms with Gasteiger partial charge in [0.05, 0.1) is 3.79 Å². The van der Waals surface area contributed by atoms with Gasteiger partial charge in [-0.25, -0.2) is 0 Å². The van der Waals surface area contributed by atoms with Crippen molar-refractivity contribution >= 4 is 27.3 Å². The van der Waals surface area contributed by atoms with Gasteiger partial charge in [0.15, 0.2) is 0 Å². The van der Waals surface area contributed by atoms with Crippen molar-refractivity contribution in [2.75, 3.05) is 13.1 Å². The highest BCUT2D eigenvalue weighted by Crippen LogP contribution is 2.26. The van der Waals surface area contributed by atoms with Crippen LogP contribution < -0.4 is 5.73 Å². The molecule has 1 aromatic rings. The first-order valence-corrected chi connectivity index (χ1v) is 7.48. The van der Waals surface area contributed by atoms with E-state index < -0.39 is 0 Å². The van der Waals surface area contributed by atoms with Crippen LogP contribution in [0.25, 0.3) is 0 Å². The molecule has 1 saturated heterocycles. The summed E-state index contributed by atoms with van der Waals surface area (Å²) in [4.78, 5) is 3.98. The maximum atomic E-state index is 6.00. The van der Waals surface area contributed by atoms with Crippen molar-refractivity contribution in [1.82, 2.24) is 4.90 Å². The van der Waals surface area contributed by atoms with Crippen molar-refractivity contribution in [3.8, 4) is 0 Å². The highest BCUT2D eigenvalue weighted by molar-refractivity contribution is 9.11. The number of hydrogen-bond donors (Lipinski definition) is 1. The molecule has 2 rings (SSSR count). The van der Waals surface area contributed by atoms with Crippen LogP contribution in [-0.4, -0.2) is 24.0 Å². The molecule has 0 saturated carbocycles. The van der Waals surface area contributed by atoms with Gasteiger partial charge in [0.25, 0.3) is 0 Å². The van der Waals surface area contributed by atoms with Gasteiger partial charge in [0.2, 0.25) is 0 Å². The lowest BCUT2D eigenvalue weighted by molar-refractivity contribution is 0.155. The maximum Gasteiger partial charge on any atom is 0.0701 e. The molecule has 1 fully saturated rings. The lowest BCUT2D eigenvalue weighted by Gasteiger charge is -2.34. The van der Waals surface area contributed by atoms with E-state index in [1.54, 1.807) is 0 Å². The van der Waals surface area contributed by atoms with Crippen molar-refractivity contribution in [1.29, 1.82) is 0 Å². The van der Waals surface area contributed by atoms with Crippen LogP contribution >= 0.6 is 27.3 Å². The third-order valence-electron chi connectivity index (χ3n) is 3.29. The van der Waals surface area contributed by atoms with Crippen LogP contribution in [0.3, 0.4) is 0 Å². The standard InChI is InChI=1S/C12H19BrN2S/c1-9(14)10-3-2-6-15(7-10)8-11-4-5-12(13)16-11/h4-5,9-10H,2-3,6-8,14H2,1H3. The van der Waals surface area contributed by atoms with Gasteiger partial charge in [-0.15, -0.1) is 11.3 Å². The molecule has 2 unspecified atom stereocenters. The van der Waals surface area contributed by atoms with E-state index in [1.807, 2.05) is 11.3 Å². The van der Waals surface area contributed by atoms with Gasteiger partial charge in [-0.2, -0.15) is 0 Å². The number of likely N-dealkylation sites (tertiary alicyclic amines) is 1. The Morgan fingerprint density at radius 3 is 3.06 bits per heavy atom. The quantitative estimate of drug-likeness (QED) is 0.930. The lowest BCUT2D eigenvalue weighted by Crippen LogP contribution is -2.41. The fourth-order valence-corrected chi connectivity index (χ4v) is 3.85. The van der Waals surface area contributed by atoms with Crippen LogP contribution in [0.2, 0.25) is 0 Å². The molecule has 90 valence electrons. The summed E-state index contributed by atoms with van der Waals surface area (Å²) in [5.74, 6) is 0.678. The van der Waals surface area contributed by atoms with Gasteiger partial charge in [-0.3, -0.25) is 4.90 Å². The predicted octanol–water partition coefficient (Wildman–Crippen LogP) is 3.07. The van der Waals surface area contributed by atoms with E-state index in [9.17, 15) is 0 Å². The van der Waals surface area contributed by atoms with Gasteiger partial charge in [0, 0.05) is 24.0 Å². The Morgan fingerprint density at radius 2 is 2.44 bits per heavy atom. The highest BCUT2D eigenvalue weighted by Gasteiger charge is 2.22. The average Bonchev–Trinajstić information content (AvgIpc) is 2.64. The van der Waals surface area contributed by atoms with E-state index in [1.165, 1.54) is 28.0 Å². The number of piperidine rings is 1. The Morgan fingerprint density at radius 1 is 1.62 bits per heavy atom. The minimum Gasteiger partial charge on any atom is -0.328 e. The Balaban J connectivity index is 1.90. The summed E-state index contributed by atoms with van der Waals surface area (Å²) >= 11 is 5.35. The second kappa shape index (κ2) is 5.63. The van der Waals surface area contributed by atoms with Gasteiger partial charge in [0.1, 0.15) is 0 Å². The minimum atomic E-state index is 0.331. The molecule has 0 spiro atoms. The first-order valence-electron chi connectivity index (χ1n) is 5.87. The molecule has 2 N–H and O–H groups in total. The third-order valence-corrected chi connectivity index (χ3v) is 4.90. The second-order valence-corrected chi connectivity index (χ2v) is 7.25. The SMILES string of the molecule is CC(N)C1CCCN(Cc2ccc(Br)s2)C1. The summed E-state index contributed by atoms with van der Waals surface area (Å²) < 4.78 is 1.23. The summed E-state index contributed by atoms with van der Waals surface area (Å²) in [5, 5.41) is 0. The zero-order valence-corrected chi connectivity index (χ0v) is 12.1. The third kappa shape index (κ3) is 3.29. The maximum absolute atomic E-state index is 6.00. The molecule has 0 aromatic carbocycles. The van der Waals surface area contributed by atoms with Crippen LogP contribution in [0, 0.1) is 5.92 Å². The number of hydrogen-bond acceptors (Lipinski definition) is 3. The molecule has 1 aliphatic rings. The molecule has 0 radical (unpaired) electrons. The van der Waals surface area contributed by atoms with Crippen LogP contribution in [-0.2, 0) is 6.54 Å². The Labute approximate surface area is 110 Å². The molecule has 1 aromatic heterocycles. The summed E-state index contributed by atoms with van der Waals surface area (Å²) in [6.45, 7) is 5.60. The second-order valence-electron chi connectivity index (χ2n) is 4.70. The topological polar surface area (TPSA) is 29.3 Å². The molecule has 4 heteroatoms.